The van der Waals surface area contributed by atoms with Gasteiger partial charge in [0.2, 0.25) is 11.8 Å². The summed E-state index contributed by atoms with van der Waals surface area (Å²) < 4.78 is 11.8. The molecule has 3 heterocycles. The summed E-state index contributed by atoms with van der Waals surface area (Å²) in [5.74, 6) is 0.604. The predicted molar refractivity (Wildman–Crippen MR) is 111 cm³/mol. The molecule has 3 aliphatic rings. The summed E-state index contributed by atoms with van der Waals surface area (Å²) >= 11 is 1.71. The molecular formula is C21H28N4O3S. The third-order valence-corrected chi connectivity index (χ3v) is 8.01. The standard InChI is InChI=1S/C21H28N4O3S/c1-25(14-9-27-10-14)13-3-5-15(6-4-13)28-20-19-18-12(8-17(22)26)2-7-16(18)29-21(19)24-11-23-20/h11-15H,2-10H2,1H3,(H2,22,26)/t12-,13-,15-/m1/s1. The van der Waals surface area contributed by atoms with E-state index in [0.29, 0.717) is 24.4 Å². The number of likely N-dealkylation sites (N-methyl/N-ethyl adjacent to an activating group) is 1. The van der Waals surface area contributed by atoms with E-state index in [0.717, 1.165) is 62.0 Å². The van der Waals surface area contributed by atoms with E-state index in [1.807, 2.05) is 0 Å². The van der Waals surface area contributed by atoms with Gasteiger partial charge in [-0.15, -0.1) is 11.3 Å². The van der Waals surface area contributed by atoms with Gasteiger partial charge in [-0.3, -0.25) is 9.69 Å². The number of thiophene rings is 1. The molecule has 1 atom stereocenters. The molecule has 0 bridgehead atoms. The summed E-state index contributed by atoms with van der Waals surface area (Å²) in [5, 5.41) is 1.02. The average Bonchev–Trinajstić information content (AvgIpc) is 3.20. The Bertz CT molecular complexity index is 905. The molecule has 2 aliphatic carbocycles. The molecule has 7 nitrogen and oxygen atoms in total. The van der Waals surface area contributed by atoms with Crippen LogP contribution in [0.1, 0.15) is 54.9 Å². The first kappa shape index (κ1) is 19.2. The summed E-state index contributed by atoms with van der Waals surface area (Å²) in [5.41, 5.74) is 6.70. The largest absolute Gasteiger partial charge is 0.474 e. The van der Waals surface area contributed by atoms with Gasteiger partial charge in [-0.05, 0) is 57.1 Å². The number of carbonyl (C=O) groups is 1. The molecule has 0 unspecified atom stereocenters. The van der Waals surface area contributed by atoms with Gasteiger partial charge in [-0.2, -0.15) is 0 Å². The molecule has 0 radical (unpaired) electrons. The lowest BCUT2D eigenvalue weighted by Crippen LogP contribution is -2.52. The van der Waals surface area contributed by atoms with Crippen LogP contribution in [0.15, 0.2) is 6.33 Å². The van der Waals surface area contributed by atoms with Crippen molar-refractivity contribution in [1.29, 1.82) is 0 Å². The number of hydrogen-bond acceptors (Lipinski definition) is 7. The summed E-state index contributed by atoms with van der Waals surface area (Å²) in [4.78, 5) is 25.3. The number of aryl methyl sites for hydroxylation is 1. The highest BCUT2D eigenvalue weighted by Crippen LogP contribution is 2.47. The van der Waals surface area contributed by atoms with Gasteiger partial charge < -0.3 is 15.2 Å². The average molecular weight is 417 g/mol. The minimum absolute atomic E-state index is 0.165. The topological polar surface area (TPSA) is 90.6 Å². The Hall–Kier alpha value is -1.77. The number of hydrogen-bond donors (Lipinski definition) is 1. The second kappa shape index (κ2) is 7.81. The minimum atomic E-state index is -0.249. The first-order valence-electron chi connectivity index (χ1n) is 10.6. The van der Waals surface area contributed by atoms with Crippen LogP contribution in [0.3, 0.4) is 0 Å². The zero-order valence-electron chi connectivity index (χ0n) is 16.8. The van der Waals surface area contributed by atoms with E-state index in [-0.39, 0.29) is 17.9 Å². The second-order valence-corrected chi connectivity index (χ2v) is 9.69. The number of fused-ring (bicyclic) bond motifs is 3. The molecule has 2 fully saturated rings. The normalized spacial score (nSPS) is 27.2. The van der Waals surface area contributed by atoms with E-state index in [2.05, 4.69) is 21.9 Å². The molecule has 1 saturated carbocycles. The van der Waals surface area contributed by atoms with Crippen LogP contribution in [0.25, 0.3) is 10.2 Å². The third-order valence-electron chi connectivity index (χ3n) is 6.84. The molecule has 2 N–H and O–H groups in total. The molecular weight excluding hydrogens is 388 g/mol. The first-order chi connectivity index (χ1) is 14.1. The molecule has 2 aromatic rings. The lowest BCUT2D eigenvalue weighted by atomic mass is 9.91. The van der Waals surface area contributed by atoms with Gasteiger partial charge in [0.25, 0.3) is 0 Å². The van der Waals surface area contributed by atoms with Crippen molar-refractivity contribution in [3.8, 4) is 5.88 Å². The maximum Gasteiger partial charge on any atom is 0.225 e. The summed E-state index contributed by atoms with van der Waals surface area (Å²) in [7, 11) is 2.22. The van der Waals surface area contributed by atoms with Crippen molar-refractivity contribution in [2.45, 2.75) is 69.1 Å². The van der Waals surface area contributed by atoms with Crippen molar-refractivity contribution in [3.63, 3.8) is 0 Å². The zero-order chi connectivity index (χ0) is 20.0. The number of amides is 1. The Kier molecular flexibility index (Phi) is 5.17. The van der Waals surface area contributed by atoms with Crippen molar-refractivity contribution in [3.05, 3.63) is 16.8 Å². The molecule has 5 rings (SSSR count). The van der Waals surface area contributed by atoms with Crippen LogP contribution in [0.5, 0.6) is 5.88 Å². The van der Waals surface area contributed by atoms with E-state index < -0.39 is 0 Å². The van der Waals surface area contributed by atoms with E-state index >= 15 is 0 Å². The Labute approximate surface area is 174 Å². The maximum atomic E-state index is 11.5. The van der Waals surface area contributed by atoms with Crippen molar-refractivity contribution in [1.82, 2.24) is 14.9 Å². The van der Waals surface area contributed by atoms with Gasteiger partial charge in [-0.25, -0.2) is 9.97 Å². The van der Waals surface area contributed by atoms with Crippen molar-refractivity contribution in [2.24, 2.45) is 5.73 Å². The number of nitrogens with zero attached hydrogens (tertiary/aromatic N) is 3. The van der Waals surface area contributed by atoms with Crippen molar-refractivity contribution < 1.29 is 14.3 Å². The zero-order valence-corrected chi connectivity index (χ0v) is 17.6. The van der Waals surface area contributed by atoms with Gasteiger partial charge in [0, 0.05) is 17.3 Å². The number of ether oxygens (including phenoxy) is 2. The lowest BCUT2D eigenvalue weighted by Gasteiger charge is -2.42. The lowest BCUT2D eigenvalue weighted by molar-refractivity contribution is -0.118. The van der Waals surface area contributed by atoms with Crippen molar-refractivity contribution in [2.75, 3.05) is 20.3 Å². The quantitative estimate of drug-likeness (QED) is 0.778. The minimum Gasteiger partial charge on any atom is -0.474 e. The van der Waals surface area contributed by atoms with E-state index in [1.54, 1.807) is 17.7 Å². The van der Waals surface area contributed by atoms with Crippen molar-refractivity contribution >= 4 is 27.5 Å². The van der Waals surface area contributed by atoms with Gasteiger partial charge >= 0.3 is 0 Å². The number of rotatable bonds is 6. The molecule has 2 aromatic heterocycles. The molecule has 0 aromatic carbocycles. The van der Waals surface area contributed by atoms with E-state index in [1.165, 1.54) is 10.4 Å². The molecule has 1 aliphatic heterocycles. The fraction of sp³-hybridized carbons (Fsp3) is 0.667. The number of nitrogens with two attached hydrogens (primary N) is 1. The van der Waals surface area contributed by atoms with Crippen LogP contribution < -0.4 is 10.5 Å². The molecule has 0 spiro atoms. The Balaban J connectivity index is 1.32. The monoisotopic (exact) mass is 416 g/mol. The third kappa shape index (κ3) is 3.62. The molecule has 8 heteroatoms. The Morgan fingerprint density at radius 2 is 2.03 bits per heavy atom. The summed E-state index contributed by atoms with van der Waals surface area (Å²) in [6.07, 6.45) is 8.46. The first-order valence-corrected chi connectivity index (χ1v) is 11.4. The van der Waals surface area contributed by atoms with Gasteiger partial charge in [0.15, 0.2) is 0 Å². The predicted octanol–water partition coefficient (Wildman–Crippen LogP) is 2.62. The van der Waals surface area contributed by atoms with Gasteiger partial charge in [0.1, 0.15) is 17.3 Å². The number of primary amides is 1. The fourth-order valence-corrected chi connectivity index (χ4v) is 6.29. The highest BCUT2D eigenvalue weighted by molar-refractivity contribution is 7.19. The van der Waals surface area contributed by atoms with Gasteiger partial charge in [-0.1, -0.05) is 0 Å². The number of aromatic nitrogens is 2. The van der Waals surface area contributed by atoms with Crippen LogP contribution in [-0.2, 0) is 16.0 Å². The summed E-state index contributed by atoms with van der Waals surface area (Å²) in [6.45, 7) is 1.73. The number of carbonyl (C=O) groups excluding carboxylic acids is 1. The molecule has 29 heavy (non-hydrogen) atoms. The molecule has 1 saturated heterocycles. The SMILES string of the molecule is CN(C1COC1)[C@H]1CC[C@H](Oc2ncnc3sc4c(c23)[C@@H](CC(N)=O)CC4)CC1. The molecule has 1 amide bonds. The van der Waals surface area contributed by atoms with Gasteiger partial charge in [0.05, 0.1) is 24.6 Å². The van der Waals surface area contributed by atoms with E-state index in [4.69, 9.17) is 15.2 Å². The molecule has 156 valence electrons. The second-order valence-electron chi connectivity index (χ2n) is 8.61. The Morgan fingerprint density at radius 3 is 2.72 bits per heavy atom. The summed E-state index contributed by atoms with van der Waals surface area (Å²) in [6, 6.07) is 1.19. The Morgan fingerprint density at radius 1 is 1.24 bits per heavy atom. The van der Waals surface area contributed by atoms with Crippen LogP contribution in [0.2, 0.25) is 0 Å². The van der Waals surface area contributed by atoms with Crippen LogP contribution in [0.4, 0.5) is 0 Å². The fourth-order valence-electron chi connectivity index (χ4n) is 5.06. The smallest absolute Gasteiger partial charge is 0.225 e. The highest BCUT2D eigenvalue weighted by atomic mass is 32.1. The van der Waals surface area contributed by atoms with E-state index in [9.17, 15) is 4.79 Å². The van der Waals surface area contributed by atoms with Crippen LogP contribution in [-0.4, -0.2) is 59.2 Å². The maximum absolute atomic E-state index is 11.5. The highest BCUT2D eigenvalue weighted by Gasteiger charge is 2.34. The van der Waals surface area contributed by atoms with Crippen LogP contribution >= 0.6 is 11.3 Å². The van der Waals surface area contributed by atoms with Crippen LogP contribution in [0, 0.1) is 0 Å².